The molecule has 230 valence electrons. The van der Waals surface area contributed by atoms with Crippen LogP contribution < -0.4 is 10.1 Å². The van der Waals surface area contributed by atoms with Crippen LogP contribution in [0.5, 0.6) is 5.75 Å². The Balaban J connectivity index is 1.18. The first-order chi connectivity index (χ1) is 21.0. The van der Waals surface area contributed by atoms with Crippen molar-refractivity contribution in [1.29, 1.82) is 0 Å². The summed E-state index contributed by atoms with van der Waals surface area (Å²) < 4.78 is 17.3. The van der Waals surface area contributed by atoms with E-state index in [1.54, 1.807) is 13.4 Å². The lowest BCUT2D eigenvalue weighted by Gasteiger charge is -2.47. The number of aromatic nitrogens is 1. The van der Waals surface area contributed by atoms with Gasteiger partial charge in [-0.2, -0.15) is 0 Å². The summed E-state index contributed by atoms with van der Waals surface area (Å²) in [5.74, 6) is 1.46. The second-order valence-corrected chi connectivity index (χ2v) is 11.9. The summed E-state index contributed by atoms with van der Waals surface area (Å²) in [6.07, 6.45) is 6.69. The Hall–Kier alpha value is -3.47. The molecule has 2 fully saturated rings. The van der Waals surface area contributed by atoms with Crippen molar-refractivity contribution in [3.8, 4) is 5.75 Å². The molecule has 2 aromatic carbocycles. The number of hydrogen-bond acceptors (Lipinski definition) is 9. The summed E-state index contributed by atoms with van der Waals surface area (Å²) >= 11 is 0. The Morgan fingerprint density at radius 3 is 2.88 bits per heavy atom. The van der Waals surface area contributed by atoms with E-state index in [1.165, 1.54) is 0 Å². The normalized spacial score (nSPS) is 27.6. The van der Waals surface area contributed by atoms with Gasteiger partial charge in [-0.25, -0.2) is 4.98 Å². The molecule has 3 heterocycles. The molecule has 1 aromatic heterocycles. The van der Waals surface area contributed by atoms with Gasteiger partial charge in [-0.3, -0.25) is 9.79 Å². The van der Waals surface area contributed by atoms with Crippen molar-refractivity contribution >= 4 is 23.3 Å². The van der Waals surface area contributed by atoms with E-state index in [9.17, 15) is 9.90 Å². The fourth-order valence-corrected chi connectivity index (χ4v) is 6.98. The van der Waals surface area contributed by atoms with E-state index in [1.807, 2.05) is 48.2 Å². The van der Waals surface area contributed by atoms with Gasteiger partial charge in [-0.05, 0) is 30.5 Å². The molecule has 10 nitrogen and oxygen atoms in total. The molecule has 0 spiro atoms. The minimum atomic E-state index is -0.994. The summed E-state index contributed by atoms with van der Waals surface area (Å²) in [5, 5.41) is 15.1. The van der Waals surface area contributed by atoms with Gasteiger partial charge in [-0.15, -0.1) is 0 Å². The molecular formula is C33H43N5O5. The Morgan fingerprint density at radius 2 is 2.07 bits per heavy atom. The molecule has 0 bridgehead atoms. The highest BCUT2D eigenvalue weighted by molar-refractivity contribution is 5.87. The van der Waals surface area contributed by atoms with Crippen LogP contribution in [-0.2, 0) is 16.0 Å². The average Bonchev–Trinajstić information content (AvgIpc) is 3.66. The topological polar surface area (TPSA) is 113 Å². The standard InChI is InChI=1S/C33H43N5O5/c1-3-29-36-26-19-25(12-13-27(26)43-29)42-18-14-24-20-34-16-17-37(24)32(39)30-31(23-9-5-4-6-10-23)38(22-35-30)28-11-7-8-15-33(28,40)21-41-2/h4-6,9-10,12-13,19,22,24,28,30-31,34,40H,3,7-8,11,14-18,20-21H2,1-2H3/t24-,28-,30?,31?,33-/m1/s1. The minimum Gasteiger partial charge on any atom is -0.493 e. The number of hydrogen-bond donors (Lipinski definition) is 2. The first kappa shape index (κ1) is 29.6. The molecule has 10 heteroatoms. The zero-order chi connectivity index (χ0) is 29.8. The van der Waals surface area contributed by atoms with Crippen LogP contribution in [0.1, 0.15) is 56.5 Å². The molecule has 1 saturated carbocycles. The number of benzene rings is 2. The highest BCUT2D eigenvalue weighted by Gasteiger charge is 2.49. The third kappa shape index (κ3) is 6.14. The molecule has 0 radical (unpaired) electrons. The number of nitrogens with zero attached hydrogens (tertiary/aromatic N) is 4. The Kier molecular flexibility index (Phi) is 8.97. The zero-order valence-corrected chi connectivity index (χ0v) is 25.2. The summed E-state index contributed by atoms with van der Waals surface area (Å²) in [4.78, 5) is 27.8. The van der Waals surface area contributed by atoms with Crippen molar-refractivity contribution in [2.75, 3.05) is 40.0 Å². The van der Waals surface area contributed by atoms with Crippen molar-refractivity contribution < 1.29 is 23.8 Å². The number of fused-ring (bicyclic) bond motifs is 1. The SMILES string of the molecule is CCc1nc2cc(OCC[C@@H]3CNCCN3C(=O)C3N=CN([C@@H]4CCCC[C@@]4(O)COC)C3c3ccccc3)ccc2o1. The number of nitrogens with one attached hydrogen (secondary N) is 1. The van der Waals surface area contributed by atoms with E-state index in [0.717, 1.165) is 54.6 Å². The lowest BCUT2D eigenvalue weighted by atomic mass is 9.79. The van der Waals surface area contributed by atoms with Crippen LogP contribution in [-0.4, -0.2) is 95.8 Å². The summed E-state index contributed by atoms with van der Waals surface area (Å²) in [6.45, 7) is 4.78. The molecular weight excluding hydrogens is 546 g/mol. The molecule has 2 unspecified atom stereocenters. The molecule has 43 heavy (non-hydrogen) atoms. The quantitative estimate of drug-likeness (QED) is 0.368. The highest BCUT2D eigenvalue weighted by atomic mass is 16.5. The van der Waals surface area contributed by atoms with Crippen molar-refractivity contribution in [2.45, 2.75) is 75.2 Å². The van der Waals surface area contributed by atoms with Gasteiger partial charge in [0.05, 0.1) is 31.6 Å². The highest BCUT2D eigenvalue weighted by Crippen LogP contribution is 2.40. The first-order valence-electron chi connectivity index (χ1n) is 15.6. The van der Waals surface area contributed by atoms with Gasteiger partial charge in [0.15, 0.2) is 17.5 Å². The number of ether oxygens (including phenoxy) is 2. The second kappa shape index (κ2) is 13.0. The number of aryl methyl sites for hydroxylation is 1. The lowest BCUT2D eigenvalue weighted by molar-refractivity contribution is -0.138. The van der Waals surface area contributed by atoms with Crippen LogP contribution in [0.4, 0.5) is 0 Å². The molecule has 2 N–H and O–H groups in total. The van der Waals surface area contributed by atoms with Crippen LogP contribution >= 0.6 is 0 Å². The van der Waals surface area contributed by atoms with Gasteiger partial charge >= 0.3 is 0 Å². The number of carbonyl (C=O) groups excluding carboxylic acids is 1. The fraction of sp³-hybridized carbons (Fsp3) is 0.545. The monoisotopic (exact) mass is 589 g/mol. The number of aliphatic hydroxyl groups is 1. The lowest BCUT2D eigenvalue weighted by Crippen LogP contribution is -2.59. The van der Waals surface area contributed by atoms with Crippen molar-refractivity contribution in [3.63, 3.8) is 0 Å². The van der Waals surface area contributed by atoms with E-state index >= 15 is 0 Å². The molecule has 3 aliphatic rings. The van der Waals surface area contributed by atoms with Gasteiger partial charge < -0.3 is 34.1 Å². The number of piperazine rings is 1. The smallest absolute Gasteiger partial charge is 0.250 e. The first-order valence-corrected chi connectivity index (χ1v) is 15.6. The molecule has 1 saturated heterocycles. The second-order valence-electron chi connectivity index (χ2n) is 11.9. The zero-order valence-electron chi connectivity index (χ0n) is 25.2. The fourth-order valence-electron chi connectivity index (χ4n) is 6.98. The van der Waals surface area contributed by atoms with E-state index in [4.69, 9.17) is 18.9 Å². The summed E-state index contributed by atoms with van der Waals surface area (Å²) in [5.41, 5.74) is 1.57. The van der Waals surface area contributed by atoms with Crippen LogP contribution in [0, 0.1) is 0 Å². The number of carbonyl (C=O) groups is 1. The van der Waals surface area contributed by atoms with E-state index in [2.05, 4.69) is 27.3 Å². The average molecular weight is 590 g/mol. The minimum absolute atomic E-state index is 0.0151. The Morgan fingerprint density at radius 1 is 1.21 bits per heavy atom. The van der Waals surface area contributed by atoms with Gasteiger partial charge in [0.25, 0.3) is 0 Å². The number of amides is 1. The number of oxazole rings is 1. The van der Waals surface area contributed by atoms with Crippen molar-refractivity contribution in [2.24, 2.45) is 4.99 Å². The molecule has 3 aromatic rings. The van der Waals surface area contributed by atoms with Gasteiger partial charge in [0, 0.05) is 51.7 Å². The Labute approximate surface area is 253 Å². The van der Waals surface area contributed by atoms with Gasteiger partial charge in [0.1, 0.15) is 16.9 Å². The van der Waals surface area contributed by atoms with Crippen LogP contribution in [0.3, 0.4) is 0 Å². The van der Waals surface area contributed by atoms with Gasteiger partial charge in [-0.1, -0.05) is 50.1 Å². The predicted molar refractivity (Wildman–Crippen MR) is 164 cm³/mol. The molecule has 6 rings (SSSR count). The van der Waals surface area contributed by atoms with E-state index in [-0.39, 0.29) is 30.6 Å². The molecule has 1 aliphatic carbocycles. The number of rotatable bonds is 10. The molecule has 2 aliphatic heterocycles. The summed E-state index contributed by atoms with van der Waals surface area (Å²) in [6, 6.07) is 14.7. The number of aliphatic imine (C=N–C) groups is 1. The Bertz CT molecular complexity index is 1410. The van der Waals surface area contributed by atoms with E-state index in [0.29, 0.717) is 38.4 Å². The van der Waals surface area contributed by atoms with Crippen molar-refractivity contribution in [1.82, 2.24) is 20.1 Å². The van der Waals surface area contributed by atoms with Crippen LogP contribution in [0.15, 0.2) is 57.9 Å². The largest absolute Gasteiger partial charge is 0.493 e. The maximum atomic E-state index is 14.3. The number of methoxy groups -OCH3 is 1. The maximum absolute atomic E-state index is 14.3. The maximum Gasteiger partial charge on any atom is 0.250 e. The van der Waals surface area contributed by atoms with E-state index < -0.39 is 11.6 Å². The third-order valence-corrected chi connectivity index (χ3v) is 9.15. The molecule has 5 atom stereocenters. The van der Waals surface area contributed by atoms with Crippen molar-refractivity contribution in [3.05, 3.63) is 60.0 Å². The predicted octanol–water partition coefficient (Wildman–Crippen LogP) is 3.73. The summed E-state index contributed by atoms with van der Waals surface area (Å²) in [7, 11) is 1.63. The molecule has 1 amide bonds. The third-order valence-electron chi connectivity index (χ3n) is 9.15. The van der Waals surface area contributed by atoms with Crippen LogP contribution in [0.2, 0.25) is 0 Å². The van der Waals surface area contributed by atoms with Gasteiger partial charge in [0.2, 0.25) is 5.91 Å². The van der Waals surface area contributed by atoms with Crippen LogP contribution in [0.25, 0.3) is 11.1 Å².